The van der Waals surface area contributed by atoms with Gasteiger partial charge in [-0.25, -0.2) is 0 Å². The minimum absolute atomic E-state index is 0.0121. The van der Waals surface area contributed by atoms with Crippen molar-refractivity contribution in [1.82, 2.24) is 5.32 Å². The first-order chi connectivity index (χ1) is 17.4. The van der Waals surface area contributed by atoms with Crippen LogP contribution in [0.4, 0.5) is 11.4 Å². The van der Waals surface area contributed by atoms with Gasteiger partial charge in [0.2, 0.25) is 11.8 Å². The summed E-state index contributed by atoms with van der Waals surface area (Å²) in [6, 6.07) is 18.9. The van der Waals surface area contributed by atoms with Gasteiger partial charge in [0.25, 0.3) is 5.91 Å². The highest BCUT2D eigenvalue weighted by Gasteiger charge is 2.34. The number of amides is 3. The van der Waals surface area contributed by atoms with Gasteiger partial charge in [0.1, 0.15) is 0 Å². The standard InChI is InChI=1S/C27H26Cl2N4O3/c28-19-8-9-20(21(29)15-19)24-16-25(34)32-22-14-18(27(36)31-13-12-30)7-10-23(22)33(24)26(35)11-6-17-4-2-1-3-5-17/h1-5,7-10,14-15,24H,6,11-13,16,30H2,(H,31,36)(H,32,34). The highest BCUT2D eigenvalue weighted by molar-refractivity contribution is 6.35. The van der Waals surface area contributed by atoms with Crippen molar-refractivity contribution in [2.24, 2.45) is 5.73 Å². The molecule has 4 N–H and O–H groups in total. The van der Waals surface area contributed by atoms with Crippen LogP contribution in [0.15, 0.2) is 66.7 Å². The quantitative estimate of drug-likeness (QED) is 0.415. The Kier molecular flexibility index (Phi) is 8.25. The average Bonchev–Trinajstić information content (AvgIpc) is 3.01. The number of nitrogens with one attached hydrogen (secondary N) is 2. The molecule has 7 nitrogen and oxygen atoms in total. The molecule has 3 aromatic carbocycles. The minimum Gasteiger partial charge on any atom is -0.351 e. The number of carbonyl (C=O) groups is 3. The molecular weight excluding hydrogens is 499 g/mol. The normalized spacial score (nSPS) is 15.0. The molecule has 1 heterocycles. The number of nitrogens with two attached hydrogens (primary N) is 1. The van der Waals surface area contributed by atoms with E-state index in [2.05, 4.69) is 10.6 Å². The summed E-state index contributed by atoms with van der Waals surface area (Å²) >= 11 is 12.6. The van der Waals surface area contributed by atoms with Crippen molar-refractivity contribution in [3.8, 4) is 0 Å². The maximum absolute atomic E-state index is 13.7. The molecule has 9 heteroatoms. The van der Waals surface area contributed by atoms with Crippen molar-refractivity contribution in [1.29, 1.82) is 0 Å². The molecular formula is C27H26Cl2N4O3. The van der Waals surface area contributed by atoms with E-state index in [-0.39, 0.29) is 30.6 Å². The summed E-state index contributed by atoms with van der Waals surface area (Å²) in [5.41, 5.74) is 8.34. The Hall–Kier alpha value is -3.39. The third-order valence-electron chi connectivity index (χ3n) is 5.97. The molecule has 0 bridgehead atoms. The minimum atomic E-state index is -0.656. The number of anilines is 2. The van der Waals surface area contributed by atoms with Gasteiger partial charge in [0.15, 0.2) is 0 Å². The van der Waals surface area contributed by atoms with Crippen molar-refractivity contribution in [3.05, 3.63) is 93.5 Å². The number of benzene rings is 3. The summed E-state index contributed by atoms with van der Waals surface area (Å²) < 4.78 is 0. The Morgan fingerprint density at radius 1 is 1.06 bits per heavy atom. The molecule has 186 valence electrons. The second kappa shape index (κ2) is 11.6. The maximum Gasteiger partial charge on any atom is 0.251 e. The lowest BCUT2D eigenvalue weighted by molar-refractivity contribution is -0.119. The van der Waals surface area contributed by atoms with Crippen molar-refractivity contribution in [2.45, 2.75) is 25.3 Å². The molecule has 4 rings (SSSR count). The molecule has 0 aliphatic carbocycles. The largest absolute Gasteiger partial charge is 0.351 e. The number of carbonyl (C=O) groups excluding carboxylic acids is 3. The predicted octanol–water partition coefficient (Wildman–Crippen LogP) is 4.73. The van der Waals surface area contributed by atoms with E-state index in [1.807, 2.05) is 30.3 Å². The van der Waals surface area contributed by atoms with Crippen molar-refractivity contribution in [2.75, 3.05) is 23.3 Å². The summed E-state index contributed by atoms with van der Waals surface area (Å²) in [6.45, 7) is 0.629. The number of hydrogen-bond donors (Lipinski definition) is 3. The molecule has 0 saturated heterocycles. The molecule has 3 aromatic rings. The van der Waals surface area contributed by atoms with Gasteiger partial charge >= 0.3 is 0 Å². The lowest BCUT2D eigenvalue weighted by atomic mass is 9.99. The zero-order valence-electron chi connectivity index (χ0n) is 19.5. The van der Waals surface area contributed by atoms with Gasteiger partial charge in [-0.15, -0.1) is 0 Å². The van der Waals surface area contributed by atoms with E-state index >= 15 is 0 Å². The van der Waals surface area contributed by atoms with Crippen LogP contribution in [0.25, 0.3) is 0 Å². The Morgan fingerprint density at radius 2 is 1.83 bits per heavy atom. The molecule has 0 fully saturated rings. The molecule has 36 heavy (non-hydrogen) atoms. The van der Waals surface area contributed by atoms with Gasteiger partial charge in [-0.2, -0.15) is 0 Å². The predicted molar refractivity (Wildman–Crippen MR) is 143 cm³/mol. The van der Waals surface area contributed by atoms with Crippen LogP contribution in [-0.2, 0) is 16.0 Å². The zero-order chi connectivity index (χ0) is 25.7. The molecule has 1 unspecified atom stereocenters. The Bertz CT molecular complexity index is 1280. The Morgan fingerprint density at radius 3 is 2.56 bits per heavy atom. The molecule has 1 aliphatic rings. The topological polar surface area (TPSA) is 105 Å². The van der Waals surface area contributed by atoms with Gasteiger partial charge in [0, 0.05) is 35.1 Å². The van der Waals surface area contributed by atoms with Gasteiger partial charge < -0.3 is 21.3 Å². The fourth-order valence-electron chi connectivity index (χ4n) is 4.26. The first kappa shape index (κ1) is 25.7. The second-order valence-electron chi connectivity index (χ2n) is 8.46. The smallest absolute Gasteiger partial charge is 0.251 e. The molecule has 1 aliphatic heterocycles. The van der Waals surface area contributed by atoms with E-state index in [1.165, 1.54) is 0 Å². The molecule has 0 radical (unpaired) electrons. The lowest BCUT2D eigenvalue weighted by Gasteiger charge is -2.31. The molecule has 0 spiro atoms. The van der Waals surface area contributed by atoms with E-state index in [4.69, 9.17) is 28.9 Å². The lowest BCUT2D eigenvalue weighted by Crippen LogP contribution is -2.35. The molecule has 0 aromatic heterocycles. The number of halogens is 2. The molecule has 1 atom stereocenters. The van der Waals surface area contributed by atoms with Crippen LogP contribution in [0, 0.1) is 0 Å². The number of nitrogens with zero attached hydrogens (tertiary/aromatic N) is 1. The first-order valence-electron chi connectivity index (χ1n) is 11.6. The zero-order valence-corrected chi connectivity index (χ0v) is 21.0. The highest BCUT2D eigenvalue weighted by Crippen LogP contribution is 2.41. The monoisotopic (exact) mass is 524 g/mol. The van der Waals surface area contributed by atoms with Gasteiger partial charge in [-0.05, 0) is 47.9 Å². The third kappa shape index (κ3) is 5.87. The van der Waals surface area contributed by atoms with Crippen LogP contribution >= 0.6 is 23.2 Å². The van der Waals surface area contributed by atoms with Crippen molar-refractivity contribution >= 4 is 52.3 Å². The first-order valence-corrected chi connectivity index (χ1v) is 12.4. The van der Waals surface area contributed by atoms with Crippen LogP contribution in [-0.4, -0.2) is 30.8 Å². The van der Waals surface area contributed by atoms with Crippen molar-refractivity contribution in [3.63, 3.8) is 0 Å². The number of fused-ring (bicyclic) bond motifs is 1. The molecule has 3 amide bonds. The van der Waals surface area contributed by atoms with Crippen LogP contribution < -0.4 is 21.3 Å². The van der Waals surface area contributed by atoms with Crippen LogP contribution in [0.5, 0.6) is 0 Å². The number of hydrogen-bond acceptors (Lipinski definition) is 4. The fourth-order valence-corrected chi connectivity index (χ4v) is 4.79. The average molecular weight is 525 g/mol. The summed E-state index contributed by atoms with van der Waals surface area (Å²) in [7, 11) is 0. The fraction of sp³-hybridized carbons (Fsp3) is 0.222. The SMILES string of the molecule is NCCNC(=O)c1ccc2c(c1)NC(=O)CC(c1ccc(Cl)cc1Cl)N2C(=O)CCc1ccccc1. The van der Waals surface area contributed by atoms with E-state index in [0.717, 1.165) is 5.56 Å². The second-order valence-corrected chi connectivity index (χ2v) is 9.30. The number of rotatable bonds is 7. The summed E-state index contributed by atoms with van der Waals surface area (Å²) in [4.78, 5) is 40.8. The van der Waals surface area contributed by atoms with E-state index < -0.39 is 6.04 Å². The summed E-state index contributed by atoms with van der Waals surface area (Å²) in [5, 5.41) is 6.39. The third-order valence-corrected chi connectivity index (χ3v) is 6.54. The van der Waals surface area contributed by atoms with Gasteiger partial charge in [-0.3, -0.25) is 14.4 Å². The van der Waals surface area contributed by atoms with E-state index in [0.29, 0.717) is 52.1 Å². The summed E-state index contributed by atoms with van der Waals surface area (Å²) in [5.74, 6) is -0.793. The Labute approximate surface area is 219 Å². The van der Waals surface area contributed by atoms with Crippen LogP contribution in [0.1, 0.15) is 40.4 Å². The van der Waals surface area contributed by atoms with Crippen LogP contribution in [0.2, 0.25) is 10.0 Å². The highest BCUT2D eigenvalue weighted by atomic mass is 35.5. The van der Waals surface area contributed by atoms with Crippen molar-refractivity contribution < 1.29 is 14.4 Å². The van der Waals surface area contributed by atoms with E-state index in [9.17, 15) is 14.4 Å². The Balaban J connectivity index is 1.75. The van der Waals surface area contributed by atoms with Crippen LogP contribution in [0.3, 0.4) is 0 Å². The van der Waals surface area contributed by atoms with E-state index in [1.54, 1.807) is 41.3 Å². The van der Waals surface area contributed by atoms with Gasteiger partial charge in [-0.1, -0.05) is 59.6 Å². The molecule has 0 saturated carbocycles. The maximum atomic E-state index is 13.7. The van der Waals surface area contributed by atoms with Gasteiger partial charge in [0.05, 0.1) is 23.8 Å². The summed E-state index contributed by atoms with van der Waals surface area (Å²) in [6.07, 6.45) is 0.743. The number of aryl methyl sites for hydroxylation is 1.